The number of thiazole rings is 1. The first kappa shape index (κ1) is 29.7. The highest BCUT2D eigenvalue weighted by molar-refractivity contribution is 7.13. The Morgan fingerprint density at radius 3 is 2.49 bits per heavy atom. The summed E-state index contributed by atoms with van der Waals surface area (Å²) in [5, 5.41) is 25.7. The number of aliphatic hydroxyl groups is 1. The number of benzene rings is 1. The van der Waals surface area contributed by atoms with Crippen LogP contribution in [0.3, 0.4) is 0 Å². The van der Waals surface area contributed by atoms with Crippen molar-refractivity contribution < 1.29 is 33.0 Å². The summed E-state index contributed by atoms with van der Waals surface area (Å²) in [6.45, 7) is 5.42. The Morgan fingerprint density at radius 2 is 1.90 bits per heavy atom. The van der Waals surface area contributed by atoms with Crippen LogP contribution in [0.2, 0.25) is 0 Å². The molecule has 3 heterocycles. The molecule has 1 aromatic carbocycles. The van der Waals surface area contributed by atoms with Gasteiger partial charge in [0.2, 0.25) is 5.43 Å². The molecule has 0 spiro atoms. The van der Waals surface area contributed by atoms with Crippen molar-refractivity contribution in [2.75, 3.05) is 18.5 Å². The van der Waals surface area contributed by atoms with Gasteiger partial charge in [0.15, 0.2) is 5.69 Å². The Hall–Kier alpha value is -4.30. The van der Waals surface area contributed by atoms with Gasteiger partial charge in [0.25, 0.3) is 0 Å². The standard InChI is InChI=1S/C27H26F3N5O5S/c1-4-31-26(40)34-22-8-15(24-33-21(12-41-24)27(28,29)30)17(9-32-22)14-5-6-19-16(7-14)23(37)18(25(38)39)10-35(19)20(11-36)13(2)3/h5-10,12-13,20,36H,4,11H2,1-3H3,(H,38,39)(H2,31,32,34,40). The molecular formula is C27H26F3N5O5S. The minimum absolute atomic E-state index is 0.00868. The van der Waals surface area contributed by atoms with E-state index in [1.807, 2.05) is 13.8 Å². The van der Waals surface area contributed by atoms with Crippen LogP contribution < -0.4 is 16.1 Å². The number of hydrogen-bond acceptors (Lipinski definition) is 7. The van der Waals surface area contributed by atoms with Gasteiger partial charge in [-0.05, 0) is 36.6 Å². The summed E-state index contributed by atoms with van der Waals surface area (Å²) in [5.41, 5.74) is -1.12. The Labute approximate surface area is 235 Å². The molecule has 0 aliphatic heterocycles. The van der Waals surface area contributed by atoms with Crippen LogP contribution in [-0.4, -0.2) is 49.9 Å². The first-order valence-corrected chi connectivity index (χ1v) is 13.3. The van der Waals surface area contributed by atoms with Crippen LogP contribution >= 0.6 is 11.3 Å². The second-order valence-electron chi connectivity index (χ2n) is 9.45. The van der Waals surface area contributed by atoms with E-state index in [2.05, 4.69) is 20.6 Å². The third-order valence-electron chi connectivity index (χ3n) is 6.40. The van der Waals surface area contributed by atoms with E-state index in [0.29, 0.717) is 23.2 Å². The number of carbonyl (C=O) groups is 2. The number of fused-ring (bicyclic) bond motifs is 1. The molecule has 41 heavy (non-hydrogen) atoms. The number of carboxylic acid groups (broad SMARTS) is 1. The first-order chi connectivity index (χ1) is 19.3. The summed E-state index contributed by atoms with van der Waals surface area (Å²) in [5.74, 6) is -1.50. The van der Waals surface area contributed by atoms with Crippen molar-refractivity contribution >= 4 is 40.1 Å². The Kier molecular flexibility index (Phi) is 8.44. The number of amides is 2. The fourth-order valence-electron chi connectivity index (χ4n) is 4.35. The second-order valence-corrected chi connectivity index (χ2v) is 10.3. The van der Waals surface area contributed by atoms with Gasteiger partial charge in [-0.1, -0.05) is 19.9 Å². The number of pyridine rings is 2. The monoisotopic (exact) mass is 589 g/mol. The Balaban J connectivity index is 1.96. The lowest BCUT2D eigenvalue weighted by molar-refractivity contribution is -0.140. The molecule has 0 aliphatic carbocycles. The highest BCUT2D eigenvalue weighted by atomic mass is 32.1. The van der Waals surface area contributed by atoms with E-state index in [4.69, 9.17) is 0 Å². The second kappa shape index (κ2) is 11.7. The normalized spacial score (nSPS) is 12.5. The lowest BCUT2D eigenvalue weighted by atomic mass is 9.98. The van der Waals surface area contributed by atoms with Crippen LogP contribution in [-0.2, 0) is 6.18 Å². The molecule has 0 aliphatic rings. The first-order valence-electron chi connectivity index (χ1n) is 12.5. The summed E-state index contributed by atoms with van der Waals surface area (Å²) < 4.78 is 41.6. The lowest BCUT2D eigenvalue weighted by Crippen LogP contribution is -2.28. The van der Waals surface area contributed by atoms with Gasteiger partial charge in [-0.2, -0.15) is 13.2 Å². The number of nitrogens with zero attached hydrogens (tertiary/aromatic N) is 3. The molecule has 4 N–H and O–H groups in total. The fourth-order valence-corrected chi connectivity index (χ4v) is 5.21. The van der Waals surface area contributed by atoms with Gasteiger partial charge in [0, 0.05) is 40.8 Å². The number of aromatic carboxylic acids is 1. The molecule has 2 amide bonds. The predicted molar refractivity (Wildman–Crippen MR) is 148 cm³/mol. The van der Waals surface area contributed by atoms with Crippen molar-refractivity contribution in [3.8, 4) is 21.7 Å². The summed E-state index contributed by atoms with van der Waals surface area (Å²) >= 11 is 0.743. The molecule has 1 unspecified atom stereocenters. The predicted octanol–water partition coefficient (Wildman–Crippen LogP) is 5.23. The molecule has 3 aromatic heterocycles. The number of hydrogen-bond donors (Lipinski definition) is 4. The molecule has 216 valence electrons. The van der Waals surface area contributed by atoms with Crippen LogP contribution in [0.4, 0.5) is 23.8 Å². The Morgan fingerprint density at radius 1 is 1.17 bits per heavy atom. The van der Waals surface area contributed by atoms with Gasteiger partial charge in [-0.3, -0.25) is 10.1 Å². The van der Waals surface area contributed by atoms with Crippen molar-refractivity contribution in [2.45, 2.75) is 33.0 Å². The highest BCUT2D eigenvalue weighted by Crippen LogP contribution is 2.39. The number of aliphatic hydroxyl groups excluding tert-OH is 1. The van der Waals surface area contributed by atoms with Crippen LogP contribution in [0.25, 0.3) is 32.6 Å². The van der Waals surface area contributed by atoms with Crippen molar-refractivity contribution in [2.24, 2.45) is 5.92 Å². The minimum Gasteiger partial charge on any atom is -0.477 e. The maximum atomic E-state index is 13.4. The largest absolute Gasteiger partial charge is 0.477 e. The summed E-state index contributed by atoms with van der Waals surface area (Å²) in [7, 11) is 0. The number of carbonyl (C=O) groups excluding carboxylic acids is 1. The van der Waals surface area contributed by atoms with Gasteiger partial charge >= 0.3 is 18.2 Å². The van der Waals surface area contributed by atoms with Crippen molar-refractivity contribution in [3.05, 3.63) is 63.5 Å². The third-order valence-corrected chi connectivity index (χ3v) is 7.27. The van der Waals surface area contributed by atoms with E-state index < -0.39 is 40.9 Å². The van der Waals surface area contributed by atoms with Gasteiger partial charge in [-0.15, -0.1) is 11.3 Å². The number of urea groups is 1. The van der Waals surface area contributed by atoms with Gasteiger partial charge < -0.3 is 20.1 Å². The van der Waals surface area contributed by atoms with E-state index in [1.54, 1.807) is 23.6 Å². The van der Waals surface area contributed by atoms with E-state index in [1.165, 1.54) is 24.5 Å². The molecular weight excluding hydrogens is 563 g/mol. The van der Waals surface area contributed by atoms with E-state index in [9.17, 15) is 37.8 Å². The number of rotatable bonds is 8. The zero-order valence-electron chi connectivity index (χ0n) is 22.1. The highest BCUT2D eigenvalue weighted by Gasteiger charge is 2.34. The maximum absolute atomic E-state index is 13.4. The number of alkyl halides is 3. The molecule has 1 atom stereocenters. The molecule has 14 heteroatoms. The summed E-state index contributed by atoms with van der Waals surface area (Å²) in [6, 6.07) is 4.91. The molecule has 0 fully saturated rings. The SMILES string of the molecule is CCNC(=O)Nc1cc(-c2nc(C(F)(F)F)cs2)c(-c2ccc3c(c2)c(=O)c(C(=O)O)cn3C(CO)C(C)C)cn1. The zero-order chi connectivity index (χ0) is 30.1. The number of halogens is 3. The smallest absolute Gasteiger partial charge is 0.434 e. The number of carboxylic acids is 1. The molecule has 0 radical (unpaired) electrons. The third kappa shape index (κ3) is 6.07. The van der Waals surface area contributed by atoms with Gasteiger partial charge in [0.05, 0.1) is 18.2 Å². The van der Waals surface area contributed by atoms with Crippen molar-refractivity contribution in [1.29, 1.82) is 0 Å². The lowest BCUT2D eigenvalue weighted by Gasteiger charge is -2.25. The van der Waals surface area contributed by atoms with Crippen LogP contribution in [0, 0.1) is 5.92 Å². The Bertz CT molecular complexity index is 1680. The molecule has 10 nitrogen and oxygen atoms in total. The summed E-state index contributed by atoms with van der Waals surface area (Å²) in [4.78, 5) is 45.2. The average molecular weight is 590 g/mol. The minimum atomic E-state index is -4.68. The molecule has 4 rings (SSSR count). The molecule has 0 saturated heterocycles. The molecule has 4 aromatic rings. The number of aromatic nitrogens is 3. The fraction of sp³-hybridized carbons (Fsp3) is 0.296. The number of nitrogens with one attached hydrogen (secondary N) is 2. The molecule has 0 bridgehead atoms. The molecule has 0 saturated carbocycles. The van der Waals surface area contributed by atoms with E-state index in [0.717, 1.165) is 16.7 Å². The van der Waals surface area contributed by atoms with Crippen molar-refractivity contribution in [1.82, 2.24) is 19.9 Å². The maximum Gasteiger partial charge on any atom is 0.434 e. The quantitative estimate of drug-likeness (QED) is 0.220. The van der Waals surface area contributed by atoms with Crippen LogP contribution in [0.15, 0.2) is 46.8 Å². The van der Waals surface area contributed by atoms with Crippen LogP contribution in [0.5, 0.6) is 0 Å². The zero-order valence-corrected chi connectivity index (χ0v) is 22.9. The topological polar surface area (TPSA) is 146 Å². The average Bonchev–Trinajstić information content (AvgIpc) is 3.41. The van der Waals surface area contributed by atoms with E-state index >= 15 is 0 Å². The van der Waals surface area contributed by atoms with Gasteiger partial charge in [-0.25, -0.2) is 19.6 Å². The summed E-state index contributed by atoms with van der Waals surface area (Å²) in [6.07, 6.45) is -2.14. The van der Waals surface area contributed by atoms with Crippen molar-refractivity contribution in [3.63, 3.8) is 0 Å². The van der Waals surface area contributed by atoms with Gasteiger partial charge in [0.1, 0.15) is 16.4 Å². The number of anilines is 1. The van der Waals surface area contributed by atoms with E-state index in [-0.39, 0.29) is 34.3 Å². The van der Waals surface area contributed by atoms with Crippen LogP contribution in [0.1, 0.15) is 42.9 Å².